The fourth-order valence-corrected chi connectivity index (χ4v) is 12.6. The number of rotatable bonds is 10. The second-order valence-electron chi connectivity index (χ2n) is 20.7. The number of nitrogens with zero attached hydrogens (tertiary/aromatic N) is 7. The van der Waals surface area contributed by atoms with Crippen LogP contribution < -0.4 is 21.1 Å². The van der Waals surface area contributed by atoms with Crippen molar-refractivity contribution in [2.75, 3.05) is 70.8 Å². The van der Waals surface area contributed by atoms with E-state index in [0.717, 1.165) is 145 Å². The van der Waals surface area contributed by atoms with E-state index in [1.165, 1.54) is 0 Å². The van der Waals surface area contributed by atoms with Crippen molar-refractivity contribution >= 4 is 41.4 Å². The Hall–Kier alpha value is -6.59. The third-order valence-corrected chi connectivity index (χ3v) is 16.6. The van der Waals surface area contributed by atoms with Crippen molar-refractivity contribution < 1.29 is 33.5 Å². The van der Waals surface area contributed by atoms with Crippen molar-refractivity contribution in [3.05, 3.63) is 95.1 Å². The molecule has 4 N–H and O–H groups in total. The zero-order chi connectivity index (χ0) is 48.8. The zero-order valence-corrected chi connectivity index (χ0v) is 40.3. The van der Waals surface area contributed by atoms with E-state index in [2.05, 4.69) is 30.2 Å². The lowest BCUT2D eigenvalue weighted by Crippen LogP contribution is -2.54. The quantitative estimate of drug-likeness (QED) is 0.156. The van der Waals surface area contributed by atoms with Gasteiger partial charge in [0.1, 0.15) is 34.6 Å². The summed E-state index contributed by atoms with van der Waals surface area (Å²) in [5.74, 6) is 1.00. The topological polar surface area (TPSA) is 196 Å². The minimum atomic E-state index is -0.965. The maximum atomic E-state index is 13.8. The van der Waals surface area contributed by atoms with E-state index in [1.807, 2.05) is 71.4 Å². The van der Waals surface area contributed by atoms with Gasteiger partial charge in [0.15, 0.2) is 0 Å². The first-order valence-corrected chi connectivity index (χ1v) is 25.9. The van der Waals surface area contributed by atoms with Crippen LogP contribution in [0.15, 0.2) is 72.8 Å². The van der Waals surface area contributed by atoms with E-state index >= 15 is 0 Å². The molecule has 0 aliphatic carbocycles. The van der Waals surface area contributed by atoms with Gasteiger partial charge in [-0.1, -0.05) is 24.3 Å². The van der Waals surface area contributed by atoms with Crippen LogP contribution >= 0.6 is 0 Å². The minimum absolute atomic E-state index is 0.0966. The molecule has 5 fully saturated rings. The van der Waals surface area contributed by atoms with Crippen LogP contribution in [-0.2, 0) is 9.59 Å². The first kappa shape index (κ1) is 46.8. The number of likely N-dealkylation sites (tertiary alicyclic amines) is 4. The number of ether oxygens (including phenoxy) is 1. The Balaban J connectivity index is 0.614. The molecule has 0 radical (unpaired) electrons. The molecule has 0 spiro atoms. The number of anilines is 1. The molecule has 7 aliphatic rings. The summed E-state index contributed by atoms with van der Waals surface area (Å²) in [5.41, 5.74) is 9.57. The number of amides is 7. The van der Waals surface area contributed by atoms with Crippen LogP contribution in [0.3, 0.4) is 0 Å². The smallest absolute Gasteiger partial charge is 0.319 e. The van der Waals surface area contributed by atoms with Crippen molar-refractivity contribution in [3.8, 4) is 22.8 Å². The molecule has 0 bridgehead atoms. The van der Waals surface area contributed by atoms with Crippen LogP contribution in [0.5, 0.6) is 11.5 Å². The number of primary amides is 1. The summed E-state index contributed by atoms with van der Waals surface area (Å²) in [5, 5.41) is 10.8. The molecule has 372 valence electrons. The molecule has 3 aromatic carbocycles. The fourth-order valence-electron chi connectivity index (χ4n) is 12.6. The molecule has 8 heterocycles. The molecule has 1 aromatic heterocycles. The lowest BCUT2D eigenvalue weighted by atomic mass is 9.85. The van der Waals surface area contributed by atoms with E-state index in [1.54, 1.807) is 6.07 Å². The molecule has 0 saturated carbocycles. The van der Waals surface area contributed by atoms with Crippen LogP contribution in [-0.4, -0.2) is 147 Å². The van der Waals surface area contributed by atoms with Gasteiger partial charge in [-0.15, -0.1) is 0 Å². The predicted octanol–water partition coefficient (Wildman–Crippen LogP) is 6.09. The molecule has 17 heteroatoms. The van der Waals surface area contributed by atoms with Crippen molar-refractivity contribution in [1.82, 2.24) is 39.6 Å². The number of imide groups is 2. The third-order valence-electron chi connectivity index (χ3n) is 16.6. The van der Waals surface area contributed by atoms with Crippen LogP contribution in [0.2, 0.25) is 0 Å². The number of piperidine rings is 5. The standard InChI is InChI=1S/C54H64N10O7/c55-49(66)47-48(37-6-9-41(10-7-37)71-40-4-2-1-3-5-40)58-64-44(14-23-56-50(47)64)36-19-28-60(29-20-36)39-21-30-62(31-22-39)54(70)61-26-15-34(16-27-61)33-59-24-17-35(18-25-59)38-8-11-42-43(32-38)53(69)63(52(42)68)45-12-13-46(65)57-51(45)67/h1-11,32,34-36,39,44-45,56H,12-31,33H2,(H2,55,66)(H,57,65,67). The molecule has 2 unspecified atom stereocenters. The predicted molar refractivity (Wildman–Crippen MR) is 265 cm³/mol. The van der Waals surface area contributed by atoms with Gasteiger partial charge < -0.3 is 35.4 Å². The number of aromatic nitrogens is 2. The summed E-state index contributed by atoms with van der Waals surface area (Å²) in [6, 6.07) is 22.7. The molecule has 71 heavy (non-hydrogen) atoms. The molecule has 2 atom stereocenters. The Morgan fingerprint density at radius 2 is 1.38 bits per heavy atom. The molecule has 5 saturated heterocycles. The SMILES string of the molecule is NC(=O)c1c(-c2ccc(Oc3ccccc3)cc2)nn2c1NCCC2C1CCN(C2CCN(C(=O)N3CCC(CN4CCC(c5ccc6c(c5)C(=O)N(C5CCC(=O)NC5=O)C6=O)CC4)CC3)CC2)CC1. The van der Waals surface area contributed by atoms with E-state index in [4.69, 9.17) is 15.6 Å². The number of hydrogen-bond acceptors (Lipinski definition) is 11. The minimum Gasteiger partial charge on any atom is -0.457 e. The Morgan fingerprint density at radius 3 is 2.07 bits per heavy atom. The molecule has 4 aromatic rings. The van der Waals surface area contributed by atoms with Crippen molar-refractivity contribution in [3.63, 3.8) is 0 Å². The van der Waals surface area contributed by atoms with Gasteiger partial charge in [0, 0.05) is 57.3 Å². The average Bonchev–Trinajstić information content (AvgIpc) is 3.91. The second kappa shape index (κ2) is 19.9. The number of benzene rings is 3. The highest BCUT2D eigenvalue weighted by Crippen LogP contribution is 2.41. The highest BCUT2D eigenvalue weighted by atomic mass is 16.5. The zero-order valence-electron chi connectivity index (χ0n) is 40.3. The first-order chi connectivity index (χ1) is 34.6. The van der Waals surface area contributed by atoms with Gasteiger partial charge in [-0.05, 0) is 162 Å². The summed E-state index contributed by atoms with van der Waals surface area (Å²) in [6.07, 6.45) is 9.17. The van der Waals surface area contributed by atoms with E-state index in [-0.39, 0.29) is 36.7 Å². The summed E-state index contributed by atoms with van der Waals surface area (Å²) < 4.78 is 8.04. The first-order valence-electron chi connectivity index (χ1n) is 25.9. The maximum absolute atomic E-state index is 13.8. The van der Waals surface area contributed by atoms with Gasteiger partial charge in [0.05, 0.1) is 17.2 Å². The normalized spacial score (nSPS) is 23.4. The molecule has 17 nitrogen and oxygen atoms in total. The largest absolute Gasteiger partial charge is 0.457 e. The monoisotopic (exact) mass is 964 g/mol. The fraction of sp³-hybridized carbons (Fsp3) is 0.500. The van der Waals surface area contributed by atoms with E-state index < -0.39 is 29.7 Å². The lowest BCUT2D eigenvalue weighted by molar-refractivity contribution is -0.136. The molecule has 7 amide bonds. The van der Waals surface area contributed by atoms with Crippen LogP contribution in [0.4, 0.5) is 10.6 Å². The lowest BCUT2D eigenvalue weighted by Gasteiger charge is -2.45. The molecular weight excluding hydrogens is 901 g/mol. The van der Waals surface area contributed by atoms with Gasteiger partial charge in [-0.3, -0.25) is 34.2 Å². The van der Waals surface area contributed by atoms with Gasteiger partial charge in [0.25, 0.3) is 17.7 Å². The van der Waals surface area contributed by atoms with Crippen molar-refractivity contribution in [2.45, 2.75) is 94.7 Å². The number of nitrogens with two attached hydrogens (primary N) is 1. The highest BCUT2D eigenvalue weighted by molar-refractivity contribution is 6.23. The number of fused-ring (bicyclic) bond motifs is 2. The summed E-state index contributed by atoms with van der Waals surface area (Å²) in [4.78, 5) is 87.9. The van der Waals surface area contributed by atoms with Gasteiger partial charge in [-0.25, -0.2) is 9.48 Å². The number of carbonyl (C=O) groups excluding carboxylic acids is 6. The Morgan fingerprint density at radius 1 is 0.704 bits per heavy atom. The van der Waals surface area contributed by atoms with Gasteiger partial charge in [-0.2, -0.15) is 5.10 Å². The van der Waals surface area contributed by atoms with Crippen LogP contribution in [0.25, 0.3) is 11.3 Å². The van der Waals surface area contributed by atoms with Crippen LogP contribution in [0, 0.1) is 11.8 Å². The summed E-state index contributed by atoms with van der Waals surface area (Å²) in [7, 11) is 0. The van der Waals surface area contributed by atoms with E-state index in [9.17, 15) is 28.8 Å². The Kier molecular flexibility index (Phi) is 13.1. The van der Waals surface area contributed by atoms with E-state index in [0.29, 0.717) is 51.8 Å². The van der Waals surface area contributed by atoms with Crippen molar-refractivity contribution in [2.24, 2.45) is 17.6 Å². The van der Waals surface area contributed by atoms with Crippen LogP contribution in [0.1, 0.15) is 119 Å². The summed E-state index contributed by atoms with van der Waals surface area (Å²) >= 11 is 0. The Labute approximate surface area is 414 Å². The molecule has 11 rings (SSSR count). The maximum Gasteiger partial charge on any atom is 0.319 e. The molecule has 7 aliphatic heterocycles. The average molecular weight is 965 g/mol. The second-order valence-corrected chi connectivity index (χ2v) is 20.7. The molecular formula is C54H64N10O7. The van der Waals surface area contributed by atoms with Gasteiger partial charge >= 0.3 is 6.03 Å². The number of hydrogen-bond donors (Lipinski definition) is 3. The number of para-hydroxylation sites is 1. The number of urea groups is 1. The van der Waals surface area contributed by atoms with Crippen molar-refractivity contribution in [1.29, 1.82) is 0 Å². The number of nitrogens with one attached hydrogen (secondary N) is 2. The highest BCUT2D eigenvalue weighted by Gasteiger charge is 2.45. The Bertz CT molecular complexity index is 2680. The number of carbonyl (C=O) groups is 6. The van der Waals surface area contributed by atoms with Gasteiger partial charge in [0.2, 0.25) is 11.8 Å². The summed E-state index contributed by atoms with van der Waals surface area (Å²) in [6.45, 7) is 8.86. The third kappa shape index (κ3) is 9.41.